The van der Waals surface area contributed by atoms with Gasteiger partial charge in [0.1, 0.15) is 0 Å². The fraction of sp³-hybridized carbons (Fsp3) is 0.625. The van der Waals surface area contributed by atoms with Crippen molar-refractivity contribution in [3.05, 3.63) is 29.3 Å². The third-order valence-corrected chi connectivity index (χ3v) is 4.98. The number of rotatable bonds is 3. The molecule has 8 heteroatoms. The van der Waals surface area contributed by atoms with Gasteiger partial charge in [-0.3, -0.25) is 9.48 Å². The van der Waals surface area contributed by atoms with E-state index in [-0.39, 0.29) is 18.1 Å². The summed E-state index contributed by atoms with van der Waals surface area (Å²) in [5.41, 5.74) is 2.60. The van der Waals surface area contributed by atoms with Crippen LogP contribution in [-0.2, 0) is 17.9 Å². The molecule has 8 nitrogen and oxygen atoms in total. The lowest BCUT2D eigenvalue weighted by molar-refractivity contribution is -0.0605. The molecule has 0 aliphatic carbocycles. The number of likely N-dealkylation sites (tertiary alicyclic amines) is 1. The molecule has 24 heavy (non-hydrogen) atoms. The quantitative estimate of drug-likeness (QED) is 0.844. The maximum Gasteiger partial charge on any atom is 0.257 e. The Kier molecular flexibility index (Phi) is 3.84. The summed E-state index contributed by atoms with van der Waals surface area (Å²) in [6, 6.07) is 0.0416. The van der Waals surface area contributed by atoms with Crippen LogP contribution < -0.4 is 0 Å². The molecule has 2 atom stereocenters. The van der Waals surface area contributed by atoms with Crippen molar-refractivity contribution in [3.8, 4) is 0 Å². The van der Waals surface area contributed by atoms with Crippen molar-refractivity contribution in [2.24, 2.45) is 0 Å². The van der Waals surface area contributed by atoms with Gasteiger partial charge in [-0.05, 0) is 19.8 Å². The highest BCUT2D eigenvalue weighted by Gasteiger charge is 2.38. The molecule has 0 unspecified atom stereocenters. The molecule has 4 rings (SSSR count). The van der Waals surface area contributed by atoms with E-state index in [2.05, 4.69) is 22.3 Å². The number of ether oxygens (including phenoxy) is 1. The topological polar surface area (TPSA) is 78.1 Å². The van der Waals surface area contributed by atoms with Crippen LogP contribution in [-0.4, -0.2) is 54.8 Å². The van der Waals surface area contributed by atoms with Crippen LogP contribution in [0.5, 0.6) is 0 Å². The highest BCUT2D eigenvalue weighted by molar-refractivity contribution is 5.95. The van der Waals surface area contributed by atoms with E-state index in [9.17, 15) is 4.79 Å². The zero-order valence-electron chi connectivity index (χ0n) is 14.1. The van der Waals surface area contributed by atoms with Crippen LogP contribution in [0, 0.1) is 6.92 Å². The number of amides is 1. The zero-order valence-corrected chi connectivity index (χ0v) is 14.1. The molecule has 0 aromatic carbocycles. The normalized spacial score (nSPS) is 23.0. The van der Waals surface area contributed by atoms with Crippen molar-refractivity contribution in [2.45, 2.75) is 52.0 Å². The maximum atomic E-state index is 12.9. The standard InChI is InChI=1S/C16H22N6O2/c1-3-5-21-11(2)13(8-18-21)16(23)20-6-4-15-14(9-20)22-12(10-24-15)7-17-19-22/h7-8,14-15H,3-6,9-10H2,1-2H3/t14-,15+/m1/s1. The second-order valence-corrected chi connectivity index (χ2v) is 6.49. The number of aromatic nitrogens is 5. The van der Waals surface area contributed by atoms with Crippen LogP contribution in [0.1, 0.15) is 47.6 Å². The number of carbonyl (C=O) groups is 1. The lowest BCUT2D eigenvalue weighted by Crippen LogP contribution is -2.50. The highest BCUT2D eigenvalue weighted by atomic mass is 16.5. The van der Waals surface area contributed by atoms with Gasteiger partial charge in [0.25, 0.3) is 5.91 Å². The molecule has 1 fully saturated rings. The average molecular weight is 330 g/mol. The Morgan fingerprint density at radius 3 is 3.12 bits per heavy atom. The summed E-state index contributed by atoms with van der Waals surface area (Å²) in [6.45, 7) is 6.74. The molecule has 128 valence electrons. The highest BCUT2D eigenvalue weighted by Crippen LogP contribution is 2.30. The monoisotopic (exact) mass is 330 g/mol. The summed E-state index contributed by atoms with van der Waals surface area (Å²) in [4.78, 5) is 14.8. The first-order valence-corrected chi connectivity index (χ1v) is 8.51. The summed E-state index contributed by atoms with van der Waals surface area (Å²) < 4.78 is 9.72. The molecule has 0 radical (unpaired) electrons. The molecule has 4 heterocycles. The largest absolute Gasteiger partial charge is 0.370 e. The molecular formula is C16H22N6O2. The predicted octanol–water partition coefficient (Wildman–Crippen LogP) is 1.18. The number of aryl methyl sites for hydroxylation is 1. The molecule has 0 saturated carbocycles. The first-order valence-electron chi connectivity index (χ1n) is 8.51. The van der Waals surface area contributed by atoms with Crippen LogP contribution in [0.4, 0.5) is 0 Å². The van der Waals surface area contributed by atoms with Crippen LogP contribution in [0.15, 0.2) is 12.4 Å². The number of carbonyl (C=O) groups excluding carboxylic acids is 1. The molecule has 1 saturated heterocycles. The predicted molar refractivity (Wildman–Crippen MR) is 85.4 cm³/mol. The second-order valence-electron chi connectivity index (χ2n) is 6.49. The molecule has 2 aliphatic rings. The number of hydrogen-bond donors (Lipinski definition) is 0. The number of fused-ring (bicyclic) bond motifs is 3. The van der Waals surface area contributed by atoms with Crippen molar-refractivity contribution in [1.29, 1.82) is 0 Å². The fourth-order valence-corrected chi connectivity index (χ4v) is 3.63. The lowest BCUT2D eigenvalue weighted by Gasteiger charge is -2.40. The molecular weight excluding hydrogens is 308 g/mol. The van der Waals surface area contributed by atoms with Crippen LogP contribution in [0.3, 0.4) is 0 Å². The van der Waals surface area contributed by atoms with E-state index in [4.69, 9.17) is 4.74 Å². The minimum absolute atomic E-state index is 0.0416. The Morgan fingerprint density at radius 1 is 1.42 bits per heavy atom. The summed E-state index contributed by atoms with van der Waals surface area (Å²) in [7, 11) is 0. The Morgan fingerprint density at radius 2 is 2.29 bits per heavy atom. The minimum Gasteiger partial charge on any atom is -0.370 e. The van der Waals surface area contributed by atoms with Gasteiger partial charge in [-0.25, -0.2) is 4.68 Å². The third-order valence-electron chi connectivity index (χ3n) is 4.98. The van der Waals surface area contributed by atoms with E-state index >= 15 is 0 Å². The Hall–Kier alpha value is -2.22. The van der Waals surface area contributed by atoms with Crippen LogP contribution >= 0.6 is 0 Å². The van der Waals surface area contributed by atoms with E-state index < -0.39 is 0 Å². The number of nitrogens with zero attached hydrogens (tertiary/aromatic N) is 6. The van der Waals surface area contributed by atoms with E-state index in [0.29, 0.717) is 25.3 Å². The number of hydrogen-bond acceptors (Lipinski definition) is 5. The molecule has 2 aromatic rings. The van der Waals surface area contributed by atoms with Gasteiger partial charge < -0.3 is 9.64 Å². The van der Waals surface area contributed by atoms with Gasteiger partial charge in [-0.1, -0.05) is 12.1 Å². The lowest BCUT2D eigenvalue weighted by atomic mass is 9.99. The molecule has 0 bridgehead atoms. The Balaban J connectivity index is 1.55. The Labute approximate surface area is 140 Å². The molecule has 2 aliphatic heterocycles. The van der Waals surface area contributed by atoms with Gasteiger partial charge in [0.15, 0.2) is 0 Å². The molecule has 2 aromatic heterocycles. The van der Waals surface area contributed by atoms with Crippen molar-refractivity contribution in [1.82, 2.24) is 29.7 Å². The van der Waals surface area contributed by atoms with Gasteiger partial charge in [-0.15, -0.1) is 5.10 Å². The van der Waals surface area contributed by atoms with Gasteiger partial charge in [-0.2, -0.15) is 5.10 Å². The Bertz CT molecular complexity index is 752. The summed E-state index contributed by atoms with van der Waals surface area (Å²) in [6.07, 6.45) is 5.34. The molecule has 1 amide bonds. The molecule has 0 spiro atoms. The average Bonchev–Trinajstić information content (AvgIpc) is 3.22. The van der Waals surface area contributed by atoms with Gasteiger partial charge >= 0.3 is 0 Å². The SMILES string of the molecule is CCCn1ncc(C(=O)N2CC[C@@H]3OCc4cnnn4[C@@H]3C2)c1C. The van der Waals surface area contributed by atoms with Gasteiger partial charge in [0, 0.05) is 25.3 Å². The van der Waals surface area contributed by atoms with Crippen LogP contribution in [0.25, 0.3) is 0 Å². The molecule has 0 N–H and O–H groups in total. The van der Waals surface area contributed by atoms with Crippen molar-refractivity contribution in [2.75, 3.05) is 13.1 Å². The second kappa shape index (κ2) is 6.01. The van der Waals surface area contributed by atoms with Crippen LogP contribution in [0.2, 0.25) is 0 Å². The first-order chi connectivity index (χ1) is 11.7. The van der Waals surface area contributed by atoms with Gasteiger partial charge in [0.05, 0.1) is 42.4 Å². The van der Waals surface area contributed by atoms with E-state index in [1.807, 2.05) is 21.2 Å². The van der Waals surface area contributed by atoms with E-state index in [1.54, 1.807) is 12.4 Å². The van der Waals surface area contributed by atoms with Crippen molar-refractivity contribution >= 4 is 5.91 Å². The maximum absolute atomic E-state index is 12.9. The van der Waals surface area contributed by atoms with Gasteiger partial charge in [0.2, 0.25) is 0 Å². The summed E-state index contributed by atoms with van der Waals surface area (Å²) in [5.74, 6) is 0.0422. The summed E-state index contributed by atoms with van der Waals surface area (Å²) in [5, 5.41) is 12.5. The smallest absolute Gasteiger partial charge is 0.257 e. The van der Waals surface area contributed by atoms with Crippen molar-refractivity contribution < 1.29 is 9.53 Å². The minimum atomic E-state index is 0.0416. The zero-order chi connectivity index (χ0) is 16.7. The van der Waals surface area contributed by atoms with Crippen molar-refractivity contribution in [3.63, 3.8) is 0 Å². The summed E-state index contributed by atoms with van der Waals surface area (Å²) >= 11 is 0. The third kappa shape index (κ3) is 2.41. The fourth-order valence-electron chi connectivity index (χ4n) is 3.63. The first kappa shape index (κ1) is 15.3. The van der Waals surface area contributed by atoms with E-state index in [0.717, 1.165) is 30.8 Å². The van der Waals surface area contributed by atoms with E-state index in [1.165, 1.54) is 0 Å². The number of piperidine rings is 1.